The van der Waals surface area contributed by atoms with Gasteiger partial charge in [-0.3, -0.25) is 4.90 Å². The highest BCUT2D eigenvalue weighted by atomic mass is 79.9. The summed E-state index contributed by atoms with van der Waals surface area (Å²) in [5, 5.41) is 0. The van der Waals surface area contributed by atoms with Crippen molar-refractivity contribution in [3.8, 4) is 0 Å². The lowest BCUT2D eigenvalue weighted by Gasteiger charge is -2.44. The van der Waals surface area contributed by atoms with Crippen LogP contribution in [0.25, 0.3) is 0 Å². The molecule has 0 aliphatic carbocycles. The number of nitrogens with two attached hydrogens (primary N) is 1. The van der Waals surface area contributed by atoms with Crippen LogP contribution < -0.4 is 5.73 Å². The molecule has 1 aliphatic rings. The first kappa shape index (κ1) is 16.0. The summed E-state index contributed by atoms with van der Waals surface area (Å²) in [4.78, 5) is 2.57. The van der Waals surface area contributed by atoms with E-state index in [-0.39, 0.29) is 0 Å². The lowest BCUT2D eigenvalue weighted by Crippen LogP contribution is -2.43. The minimum Gasteiger partial charge on any atom is -0.329 e. The van der Waals surface area contributed by atoms with E-state index in [0.717, 1.165) is 0 Å². The lowest BCUT2D eigenvalue weighted by molar-refractivity contribution is 0.0678. The zero-order valence-corrected chi connectivity index (χ0v) is 14.3. The third-order valence-corrected chi connectivity index (χ3v) is 6.01. The summed E-state index contributed by atoms with van der Waals surface area (Å²) >= 11 is 3.67. The Balaban J connectivity index is 2.10. The molecule has 1 saturated heterocycles. The largest absolute Gasteiger partial charge is 0.329 e. The van der Waals surface area contributed by atoms with E-state index in [9.17, 15) is 0 Å². The van der Waals surface area contributed by atoms with Gasteiger partial charge >= 0.3 is 0 Å². The Kier molecular flexibility index (Phi) is 5.65. The molecule has 0 aromatic heterocycles. The topological polar surface area (TPSA) is 29.3 Å². The molecule has 112 valence electrons. The van der Waals surface area contributed by atoms with Crippen LogP contribution in [0.4, 0.5) is 0 Å². The average molecular weight is 339 g/mol. The van der Waals surface area contributed by atoms with Crippen molar-refractivity contribution in [1.82, 2.24) is 4.90 Å². The third kappa shape index (κ3) is 3.26. The van der Waals surface area contributed by atoms with E-state index in [1.165, 1.54) is 48.8 Å². The highest BCUT2D eigenvalue weighted by Gasteiger charge is 2.33. The molecule has 1 aromatic carbocycles. The second-order valence-electron chi connectivity index (χ2n) is 6.02. The molecule has 3 heteroatoms. The number of hydrogen-bond acceptors (Lipinski definition) is 2. The minimum atomic E-state index is 0.345. The van der Waals surface area contributed by atoms with Crippen molar-refractivity contribution in [3.63, 3.8) is 0 Å². The summed E-state index contributed by atoms with van der Waals surface area (Å²) < 4.78 is 1.18. The summed E-state index contributed by atoms with van der Waals surface area (Å²) in [5.41, 5.74) is 7.98. The molecular weight excluding hydrogens is 312 g/mol. The number of halogens is 1. The van der Waals surface area contributed by atoms with Crippen LogP contribution in [-0.4, -0.2) is 24.5 Å². The van der Waals surface area contributed by atoms with Crippen molar-refractivity contribution in [3.05, 3.63) is 34.3 Å². The van der Waals surface area contributed by atoms with Gasteiger partial charge in [0.2, 0.25) is 0 Å². The molecule has 1 fully saturated rings. The molecule has 1 heterocycles. The fourth-order valence-corrected chi connectivity index (χ4v) is 4.03. The first-order valence-electron chi connectivity index (χ1n) is 7.84. The molecule has 0 spiro atoms. The molecule has 1 aromatic rings. The van der Waals surface area contributed by atoms with Gasteiger partial charge < -0.3 is 5.73 Å². The monoisotopic (exact) mass is 338 g/mol. The van der Waals surface area contributed by atoms with Crippen LogP contribution in [0.3, 0.4) is 0 Å². The number of rotatable bonds is 5. The molecule has 2 nitrogen and oxygen atoms in total. The zero-order valence-electron chi connectivity index (χ0n) is 12.7. The Morgan fingerprint density at radius 1 is 1.20 bits per heavy atom. The molecule has 1 atom stereocenters. The van der Waals surface area contributed by atoms with Gasteiger partial charge in [0.1, 0.15) is 0 Å². The van der Waals surface area contributed by atoms with Gasteiger partial charge in [-0.1, -0.05) is 60.8 Å². The van der Waals surface area contributed by atoms with Gasteiger partial charge in [0, 0.05) is 17.1 Å². The van der Waals surface area contributed by atoms with Crippen LogP contribution in [0.1, 0.15) is 51.1 Å². The van der Waals surface area contributed by atoms with Gasteiger partial charge in [-0.25, -0.2) is 0 Å². The fraction of sp³-hybridized carbons (Fsp3) is 0.647. The van der Waals surface area contributed by atoms with E-state index in [1.54, 1.807) is 0 Å². The fourth-order valence-electron chi connectivity index (χ4n) is 3.49. The maximum absolute atomic E-state index is 6.07. The molecule has 2 N–H and O–H groups in total. The van der Waals surface area contributed by atoms with Gasteiger partial charge in [-0.05, 0) is 43.0 Å². The standard InChI is InChI=1S/C17H27BrN2/c1-3-17(4-2)9-11-20(12-10-17)16(13-19)14-7-5-6-8-15(14)18/h5-8,16H,3-4,9-13,19H2,1-2H3. The predicted molar refractivity (Wildman–Crippen MR) is 89.8 cm³/mol. The first-order valence-corrected chi connectivity index (χ1v) is 8.63. The first-order chi connectivity index (χ1) is 9.65. The normalized spacial score (nSPS) is 20.8. The van der Waals surface area contributed by atoms with Gasteiger partial charge in [0.05, 0.1) is 0 Å². The average Bonchev–Trinajstić information content (AvgIpc) is 2.51. The van der Waals surface area contributed by atoms with E-state index in [2.05, 4.69) is 58.9 Å². The van der Waals surface area contributed by atoms with Crippen molar-refractivity contribution in [2.75, 3.05) is 19.6 Å². The van der Waals surface area contributed by atoms with Crippen molar-refractivity contribution in [2.24, 2.45) is 11.1 Å². The molecule has 1 unspecified atom stereocenters. The predicted octanol–water partition coefficient (Wildman–Crippen LogP) is 4.35. The van der Waals surface area contributed by atoms with Crippen LogP contribution in [-0.2, 0) is 0 Å². The molecular formula is C17H27BrN2. The van der Waals surface area contributed by atoms with Crippen LogP contribution in [0.2, 0.25) is 0 Å². The summed E-state index contributed by atoms with van der Waals surface area (Å²) in [7, 11) is 0. The summed E-state index contributed by atoms with van der Waals surface area (Å²) in [5.74, 6) is 0. The van der Waals surface area contributed by atoms with Crippen LogP contribution >= 0.6 is 15.9 Å². The van der Waals surface area contributed by atoms with Crippen molar-refractivity contribution >= 4 is 15.9 Å². The second kappa shape index (κ2) is 7.06. The van der Waals surface area contributed by atoms with Crippen LogP contribution in [0, 0.1) is 5.41 Å². The van der Waals surface area contributed by atoms with Gasteiger partial charge in [0.25, 0.3) is 0 Å². The van der Waals surface area contributed by atoms with Gasteiger partial charge in [-0.2, -0.15) is 0 Å². The Morgan fingerprint density at radius 2 is 1.80 bits per heavy atom. The number of benzene rings is 1. The molecule has 1 aliphatic heterocycles. The van der Waals surface area contributed by atoms with E-state index in [1.807, 2.05) is 0 Å². The summed E-state index contributed by atoms with van der Waals surface area (Å²) in [6.45, 7) is 7.71. The number of nitrogens with zero attached hydrogens (tertiary/aromatic N) is 1. The lowest BCUT2D eigenvalue weighted by atomic mass is 9.74. The van der Waals surface area contributed by atoms with E-state index >= 15 is 0 Å². The van der Waals surface area contributed by atoms with Crippen LogP contribution in [0.15, 0.2) is 28.7 Å². The van der Waals surface area contributed by atoms with Crippen molar-refractivity contribution in [1.29, 1.82) is 0 Å². The summed E-state index contributed by atoms with van der Waals surface area (Å²) in [6, 6.07) is 8.83. The molecule has 0 saturated carbocycles. The highest BCUT2D eigenvalue weighted by Crippen LogP contribution is 2.40. The molecule has 0 radical (unpaired) electrons. The Bertz CT molecular complexity index is 419. The maximum Gasteiger partial charge on any atom is 0.0481 e. The Hall–Kier alpha value is -0.380. The van der Waals surface area contributed by atoms with Gasteiger partial charge in [-0.15, -0.1) is 0 Å². The highest BCUT2D eigenvalue weighted by molar-refractivity contribution is 9.10. The minimum absolute atomic E-state index is 0.345. The number of likely N-dealkylation sites (tertiary alicyclic amines) is 1. The van der Waals surface area contributed by atoms with Crippen LogP contribution in [0.5, 0.6) is 0 Å². The molecule has 0 bridgehead atoms. The zero-order chi connectivity index (χ0) is 14.6. The quantitative estimate of drug-likeness (QED) is 0.864. The third-order valence-electron chi connectivity index (χ3n) is 5.29. The van der Waals surface area contributed by atoms with E-state index < -0.39 is 0 Å². The smallest absolute Gasteiger partial charge is 0.0481 e. The number of hydrogen-bond donors (Lipinski definition) is 1. The number of piperidine rings is 1. The molecule has 0 amide bonds. The maximum atomic E-state index is 6.07. The second-order valence-corrected chi connectivity index (χ2v) is 6.87. The Morgan fingerprint density at radius 3 is 2.30 bits per heavy atom. The molecule has 20 heavy (non-hydrogen) atoms. The van der Waals surface area contributed by atoms with E-state index in [4.69, 9.17) is 5.73 Å². The van der Waals surface area contributed by atoms with Gasteiger partial charge in [0.15, 0.2) is 0 Å². The SMILES string of the molecule is CCC1(CC)CCN(C(CN)c2ccccc2Br)CC1. The molecule has 2 rings (SSSR count). The summed E-state index contributed by atoms with van der Waals surface area (Å²) in [6.07, 6.45) is 5.22. The Labute approximate surface area is 131 Å². The van der Waals surface area contributed by atoms with E-state index in [0.29, 0.717) is 18.0 Å². The van der Waals surface area contributed by atoms with Crippen molar-refractivity contribution in [2.45, 2.75) is 45.6 Å². The van der Waals surface area contributed by atoms with Crippen molar-refractivity contribution < 1.29 is 0 Å².